The van der Waals surface area contributed by atoms with Crippen LogP contribution in [0.2, 0.25) is 0 Å². The Kier molecular flexibility index (Phi) is 9.57. The number of aliphatic hydroxyl groups is 3. The highest BCUT2D eigenvalue weighted by Crippen LogP contribution is 2.77. The monoisotopic (exact) mass is 600 g/mol. The van der Waals surface area contributed by atoms with Crippen LogP contribution in [-0.4, -0.2) is 62.6 Å². The van der Waals surface area contributed by atoms with E-state index in [1.165, 1.54) is 19.3 Å². The highest BCUT2D eigenvalue weighted by Gasteiger charge is 2.88. The molecule has 0 bridgehead atoms. The number of esters is 2. The van der Waals surface area contributed by atoms with Crippen molar-refractivity contribution in [3.8, 4) is 0 Å². The summed E-state index contributed by atoms with van der Waals surface area (Å²) in [6.07, 6.45) is 11.6. The Morgan fingerprint density at radius 3 is 2.30 bits per heavy atom. The van der Waals surface area contributed by atoms with Crippen LogP contribution in [0.1, 0.15) is 106 Å². The molecule has 8 atom stereocenters. The zero-order valence-corrected chi connectivity index (χ0v) is 27.1. The Bertz CT molecular complexity index is 1210. The molecule has 8 heteroatoms. The number of rotatable bonds is 12. The molecule has 0 aromatic rings. The Hall–Kier alpha value is -2.29. The summed E-state index contributed by atoms with van der Waals surface area (Å²) in [4.78, 5) is 40.0. The van der Waals surface area contributed by atoms with Gasteiger partial charge in [-0.25, -0.2) is 4.79 Å². The fourth-order valence-corrected chi connectivity index (χ4v) is 8.62. The average molecular weight is 601 g/mol. The number of allylic oxidation sites excluding steroid dienone is 1. The van der Waals surface area contributed by atoms with Crippen molar-refractivity contribution in [1.29, 1.82) is 0 Å². The molecule has 0 aromatic carbocycles. The maximum Gasteiger partial charge on any atom is 0.333 e. The molecule has 2 saturated carbocycles. The van der Waals surface area contributed by atoms with Gasteiger partial charge in [0.25, 0.3) is 0 Å². The van der Waals surface area contributed by atoms with Gasteiger partial charge in [0, 0.05) is 47.5 Å². The van der Waals surface area contributed by atoms with E-state index in [0.29, 0.717) is 23.1 Å². The molecule has 0 saturated heterocycles. The van der Waals surface area contributed by atoms with E-state index in [0.717, 1.165) is 19.3 Å². The second-order valence-electron chi connectivity index (χ2n) is 14.1. The van der Waals surface area contributed by atoms with Crippen LogP contribution in [0, 0.1) is 29.1 Å². The van der Waals surface area contributed by atoms with Gasteiger partial charge in [-0.15, -0.1) is 0 Å². The molecule has 0 radical (unpaired) electrons. The number of unbranched alkanes of at least 4 members (excludes halogenated alkanes) is 6. The topological polar surface area (TPSA) is 130 Å². The molecule has 4 aliphatic rings. The summed E-state index contributed by atoms with van der Waals surface area (Å²) in [6, 6.07) is 0. The third kappa shape index (κ3) is 5.25. The van der Waals surface area contributed by atoms with Gasteiger partial charge >= 0.3 is 11.9 Å². The summed E-state index contributed by atoms with van der Waals surface area (Å²) in [7, 11) is 0. The van der Waals surface area contributed by atoms with Crippen LogP contribution >= 0.6 is 0 Å². The molecule has 4 rings (SSSR count). The van der Waals surface area contributed by atoms with Gasteiger partial charge in [-0.05, 0) is 38.3 Å². The lowest BCUT2D eigenvalue weighted by atomic mass is 9.59. The first-order valence-electron chi connectivity index (χ1n) is 16.2. The Morgan fingerprint density at radius 2 is 1.70 bits per heavy atom. The Labute approximate surface area is 256 Å². The normalized spacial score (nSPS) is 37.8. The maximum absolute atomic E-state index is 13.5. The predicted molar refractivity (Wildman–Crippen MR) is 163 cm³/mol. The van der Waals surface area contributed by atoms with Crippen molar-refractivity contribution in [2.24, 2.45) is 29.1 Å². The Balaban J connectivity index is 1.73. The van der Waals surface area contributed by atoms with Gasteiger partial charge in [0.15, 0.2) is 11.4 Å². The molecule has 240 valence electrons. The number of fused-ring (bicyclic) bond motifs is 5. The van der Waals surface area contributed by atoms with E-state index >= 15 is 0 Å². The molecule has 4 aliphatic carbocycles. The van der Waals surface area contributed by atoms with Crippen LogP contribution in [-0.2, 0) is 23.9 Å². The largest absolute Gasteiger partial charge is 0.454 e. The summed E-state index contributed by atoms with van der Waals surface area (Å²) >= 11 is 0. The zero-order valence-electron chi connectivity index (χ0n) is 27.1. The van der Waals surface area contributed by atoms with Crippen LogP contribution in [0.5, 0.6) is 0 Å². The number of ether oxygens (including phenoxy) is 2. The van der Waals surface area contributed by atoms with Gasteiger partial charge in [0.05, 0.1) is 12.2 Å². The minimum absolute atomic E-state index is 0.118. The van der Waals surface area contributed by atoms with E-state index in [1.807, 2.05) is 13.8 Å². The van der Waals surface area contributed by atoms with Crippen molar-refractivity contribution in [2.45, 2.75) is 129 Å². The van der Waals surface area contributed by atoms with E-state index in [2.05, 4.69) is 6.92 Å². The molecule has 3 N–H and O–H groups in total. The molecular formula is C35H52O8. The summed E-state index contributed by atoms with van der Waals surface area (Å²) in [5, 5.41) is 35.0. The maximum atomic E-state index is 13.5. The quantitative estimate of drug-likeness (QED) is 0.122. The van der Waals surface area contributed by atoms with Gasteiger partial charge in [-0.3, -0.25) is 9.59 Å². The Morgan fingerprint density at radius 1 is 1.07 bits per heavy atom. The van der Waals surface area contributed by atoms with E-state index in [4.69, 9.17) is 9.47 Å². The highest BCUT2D eigenvalue weighted by molar-refractivity contribution is 6.04. The molecule has 0 amide bonds. The third-order valence-electron chi connectivity index (χ3n) is 11.2. The first-order chi connectivity index (χ1) is 20.2. The van der Waals surface area contributed by atoms with Gasteiger partial charge < -0.3 is 24.8 Å². The molecule has 0 aliphatic heterocycles. The van der Waals surface area contributed by atoms with Crippen molar-refractivity contribution < 1.29 is 39.2 Å². The highest BCUT2D eigenvalue weighted by atomic mass is 16.6. The van der Waals surface area contributed by atoms with Gasteiger partial charge in [0.1, 0.15) is 11.7 Å². The number of aliphatic hydroxyl groups excluding tert-OH is 1. The zero-order chi connectivity index (χ0) is 32.0. The first kappa shape index (κ1) is 33.6. The number of ketones is 1. The van der Waals surface area contributed by atoms with Gasteiger partial charge in [0.2, 0.25) is 0 Å². The summed E-state index contributed by atoms with van der Waals surface area (Å²) in [5.41, 5.74) is -4.46. The molecular weight excluding hydrogens is 548 g/mol. The molecule has 0 aromatic heterocycles. The summed E-state index contributed by atoms with van der Waals surface area (Å²) in [5.74, 6) is -4.44. The number of Topliss-reactive ketones (excluding diaryl/α,β-unsaturated/α-hetero) is 1. The van der Waals surface area contributed by atoms with Crippen LogP contribution < -0.4 is 0 Å². The van der Waals surface area contributed by atoms with Crippen LogP contribution in [0.25, 0.3) is 0 Å². The van der Waals surface area contributed by atoms with E-state index in [-0.39, 0.29) is 25.4 Å². The SMILES string of the molecule is C/C=C(\C)C(=O)O[C@@H]1[C@H](C)[C@@]2(O)[C@H](C=C(CO)C[C@@]3(O)C(=O)C(C)=C[C@H]23)[C@H]2C(C)(C)[C@@]12OC(=O)CCCCCCCCC. The average Bonchev–Trinajstić information content (AvgIpc) is 3.39. The van der Waals surface area contributed by atoms with Crippen molar-refractivity contribution in [1.82, 2.24) is 0 Å². The van der Waals surface area contributed by atoms with Crippen molar-refractivity contribution in [3.05, 3.63) is 34.9 Å². The minimum atomic E-state index is -1.95. The standard InChI is InChI=1S/C35H52O8/c1-8-10-11-12-13-14-15-16-27(37)43-35-28(32(35,6)7)25-18-24(20-36)19-33(40)26(17-22(4)29(33)38)34(25,41)23(5)30(35)42-31(39)21(3)9-2/h9,17-18,23,25-26,28,30,36,40-41H,8,10-16,19-20H2,1-7H3/b21-9+/t23-,25+,26-,28-,30+,33-,34+,35-/m0/s1. The summed E-state index contributed by atoms with van der Waals surface area (Å²) in [6.45, 7) is 12.4. The molecule has 0 spiro atoms. The number of hydrogen-bond acceptors (Lipinski definition) is 8. The summed E-state index contributed by atoms with van der Waals surface area (Å²) < 4.78 is 12.6. The van der Waals surface area contributed by atoms with Crippen LogP contribution in [0.4, 0.5) is 0 Å². The van der Waals surface area contributed by atoms with Crippen LogP contribution in [0.15, 0.2) is 34.9 Å². The van der Waals surface area contributed by atoms with E-state index < -0.39 is 63.7 Å². The molecule has 43 heavy (non-hydrogen) atoms. The van der Waals surface area contributed by atoms with Crippen molar-refractivity contribution in [2.75, 3.05) is 6.61 Å². The lowest BCUT2D eigenvalue weighted by molar-refractivity contribution is -0.227. The third-order valence-corrected chi connectivity index (χ3v) is 11.2. The molecule has 0 unspecified atom stereocenters. The smallest absolute Gasteiger partial charge is 0.333 e. The lowest BCUT2D eigenvalue weighted by Crippen LogP contribution is -2.66. The molecule has 2 fully saturated rings. The second kappa shape index (κ2) is 12.2. The second-order valence-corrected chi connectivity index (χ2v) is 14.1. The van der Waals surface area contributed by atoms with Crippen molar-refractivity contribution in [3.63, 3.8) is 0 Å². The van der Waals surface area contributed by atoms with E-state index in [1.54, 1.807) is 45.9 Å². The fraction of sp³-hybridized carbons (Fsp3) is 0.743. The van der Waals surface area contributed by atoms with E-state index in [9.17, 15) is 29.7 Å². The first-order valence-corrected chi connectivity index (χ1v) is 16.2. The minimum Gasteiger partial charge on any atom is -0.454 e. The fourth-order valence-electron chi connectivity index (χ4n) is 8.62. The van der Waals surface area contributed by atoms with Crippen molar-refractivity contribution >= 4 is 17.7 Å². The predicted octanol–water partition coefficient (Wildman–Crippen LogP) is 5.14. The molecule has 8 nitrogen and oxygen atoms in total. The molecule has 0 heterocycles. The number of hydrogen-bond donors (Lipinski definition) is 3. The number of carbonyl (C=O) groups excluding carboxylic acids is 3. The van der Waals surface area contributed by atoms with Crippen LogP contribution in [0.3, 0.4) is 0 Å². The lowest BCUT2D eigenvalue weighted by Gasteiger charge is -2.53. The van der Waals surface area contributed by atoms with Gasteiger partial charge in [-0.1, -0.05) is 84.4 Å². The number of carbonyl (C=O) groups is 3. The van der Waals surface area contributed by atoms with Gasteiger partial charge in [-0.2, -0.15) is 0 Å².